The Balaban J connectivity index is 1.72. The Kier molecular flexibility index (Phi) is 2.97. The van der Waals surface area contributed by atoms with E-state index in [0.29, 0.717) is 19.0 Å². The van der Waals surface area contributed by atoms with Crippen molar-refractivity contribution in [2.45, 2.75) is 12.5 Å². The van der Waals surface area contributed by atoms with Gasteiger partial charge in [0.15, 0.2) is 11.5 Å². The third kappa shape index (κ3) is 2.12. The monoisotopic (exact) mass is 283 g/mol. The third-order valence-corrected chi connectivity index (χ3v) is 4.06. The van der Waals surface area contributed by atoms with Crippen molar-refractivity contribution in [3.05, 3.63) is 53.1 Å². The predicted octanol–water partition coefficient (Wildman–Crippen LogP) is 2.51. The molecule has 0 saturated carbocycles. The van der Waals surface area contributed by atoms with Crippen LogP contribution in [-0.2, 0) is 6.42 Å². The Morgan fingerprint density at radius 1 is 1.05 bits per heavy atom. The summed E-state index contributed by atoms with van der Waals surface area (Å²) < 4.78 is 11.1. The van der Waals surface area contributed by atoms with Crippen LogP contribution in [0.3, 0.4) is 0 Å². The zero-order chi connectivity index (χ0) is 14.2. The predicted molar refractivity (Wildman–Crippen MR) is 80.1 cm³/mol. The molecule has 0 fully saturated rings. The number of ether oxygens (including phenoxy) is 2. The van der Waals surface area contributed by atoms with Gasteiger partial charge in [0.25, 0.3) is 0 Å². The van der Waals surface area contributed by atoms with Crippen LogP contribution in [0.5, 0.6) is 11.5 Å². The van der Waals surface area contributed by atoms with E-state index < -0.39 is 6.10 Å². The van der Waals surface area contributed by atoms with Crippen molar-refractivity contribution in [3.63, 3.8) is 0 Å². The van der Waals surface area contributed by atoms with Crippen LogP contribution in [0.25, 0.3) is 0 Å². The molecule has 4 heteroatoms. The molecule has 2 aliphatic heterocycles. The van der Waals surface area contributed by atoms with Crippen LogP contribution in [-0.4, -0.2) is 24.9 Å². The first kappa shape index (κ1) is 12.5. The van der Waals surface area contributed by atoms with Gasteiger partial charge >= 0.3 is 0 Å². The van der Waals surface area contributed by atoms with Gasteiger partial charge in [-0.05, 0) is 29.7 Å². The van der Waals surface area contributed by atoms with E-state index in [0.717, 1.165) is 35.5 Å². The SMILES string of the molecule is OC(c1ccc2c(c1)OCCO2)c1cccc2c1NCC2. The number of fused-ring (bicyclic) bond motifs is 2. The summed E-state index contributed by atoms with van der Waals surface area (Å²) >= 11 is 0. The van der Waals surface area contributed by atoms with Crippen molar-refractivity contribution in [2.24, 2.45) is 0 Å². The number of hydrogen-bond donors (Lipinski definition) is 2. The zero-order valence-corrected chi connectivity index (χ0v) is 11.6. The average Bonchev–Trinajstić information content (AvgIpc) is 3.02. The Hall–Kier alpha value is -2.20. The number of aliphatic hydroxyl groups excluding tert-OH is 1. The van der Waals surface area contributed by atoms with Gasteiger partial charge in [-0.1, -0.05) is 24.3 Å². The highest BCUT2D eigenvalue weighted by Crippen LogP contribution is 2.37. The van der Waals surface area contributed by atoms with Gasteiger partial charge in [0.05, 0.1) is 0 Å². The molecule has 0 spiro atoms. The van der Waals surface area contributed by atoms with Crippen LogP contribution in [0.1, 0.15) is 22.8 Å². The van der Waals surface area contributed by atoms with Gasteiger partial charge in [-0.15, -0.1) is 0 Å². The van der Waals surface area contributed by atoms with Crippen molar-refractivity contribution < 1.29 is 14.6 Å². The standard InChI is InChI=1S/C17H17NO3/c19-17(13-3-1-2-11-6-7-18-16(11)13)12-4-5-14-15(10-12)21-9-8-20-14/h1-5,10,17-19H,6-9H2. The number of aliphatic hydroxyl groups is 1. The van der Waals surface area contributed by atoms with Crippen molar-refractivity contribution >= 4 is 5.69 Å². The van der Waals surface area contributed by atoms with Crippen LogP contribution in [0, 0.1) is 0 Å². The zero-order valence-electron chi connectivity index (χ0n) is 11.6. The number of para-hydroxylation sites is 1. The van der Waals surface area contributed by atoms with Crippen LogP contribution < -0.4 is 14.8 Å². The van der Waals surface area contributed by atoms with Gasteiger partial charge in [-0.2, -0.15) is 0 Å². The van der Waals surface area contributed by atoms with Gasteiger partial charge in [0.2, 0.25) is 0 Å². The summed E-state index contributed by atoms with van der Waals surface area (Å²) in [5.74, 6) is 1.45. The minimum Gasteiger partial charge on any atom is -0.486 e. The third-order valence-electron chi connectivity index (χ3n) is 4.06. The highest BCUT2D eigenvalue weighted by atomic mass is 16.6. The molecule has 2 aliphatic rings. The number of anilines is 1. The van der Waals surface area contributed by atoms with Gasteiger partial charge in [0.1, 0.15) is 19.3 Å². The lowest BCUT2D eigenvalue weighted by Gasteiger charge is -2.21. The summed E-state index contributed by atoms with van der Waals surface area (Å²) in [4.78, 5) is 0. The van der Waals surface area contributed by atoms with Crippen LogP contribution in [0.4, 0.5) is 5.69 Å². The topological polar surface area (TPSA) is 50.7 Å². The van der Waals surface area contributed by atoms with Crippen molar-refractivity contribution in [1.29, 1.82) is 0 Å². The maximum absolute atomic E-state index is 10.7. The average molecular weight is 283 g/mol. The smallest absolute Gasteiger partial charge is 0.161 e. The molecule has 4 nitrogen and oxygen atoms in total. The minimum absolute atomic E-state index is 0.550. The van der Waals surface area contributed by atoms with Crippen LogP contribution in [0.15, 0.2) is 36.4 Å². The molecule has 2 aromatic rings. The first-order valence-corrected chi connectivity index (χ1v) is 7.26. The fourth-order valence-electron chi connectivity index (χ4n) is 3.00. The molecule has 1 atom stereocenters. The second-order valence-corrected chi connectivity index (χ2v) is 5.36. The van der Waals surface area contributed by atoms with E-state index in [1.54, 1.807) is 0 Å². The van der Waals surface area contributed by atoms with Crippen molar-refractivity contribution in [1.82, 2.24) is 0 Å². The van der Waals surface area contributed by atoms with E-state index in [-0.39, 0.29) is 0 Å². The molecule has 108 valence electrons. The highest BCUT2D eigenvalue weighted by molar-refractivity contribution is 5.63. The summed E-state index contributed by atoms with van der Waals surface area (Å²) in [5.41, 5.74) is 4.08. The minimum atomic E-state index is -0.665. The fourth-order valence-corrected chi connectivity index (χ4v) is 3.00. The second kappa shape index (κ2) is 4.97. The summed E-state index contributed by atoms with van der Waals surface area (Å²) in [6.45, 7) is 2.06. The summed E-state index contributed by atoms with van der Waals surface area (Å²) in [6, 6.07) is 11.7. The van der Waals surface area contributed by atoms with Crippen molar-refractivity contribution in [3.8, 4) is 11.5 Å². The van der Waals surface area contributed by atoms with Gasteiger partial charge in [-0.25, -0.2) is 0 Å². The highest BCUT2D eigenvalue weighted by Gasteiger charge is 2.22. The number of benzene rings is 2. The first-order chi connectivity index (χ1) is 10.3. The molecule has 2 heterocycles. The van der Waals surface area contributed by atoms with Crippen LogP contribution >= 0.6 is 0 Å². The molecule has 0 amide bonds. The number of nitrogens with one attached hydrogen (secondary N) is 1. The second-order valence-electron chi connectivity index (χ2n) is 5.36. The van der Waals surface area contributed by atoms with E-state index in [4.69, 9.17) is 9.47 Å². The Morgan fingerprint density at radius 2 is 1.90 bits per heavy atom. The lowest BCUT2D eigenvalue weighted by atomic mass is 9.97. The lowest BCUT2D eigenvalue weighted by Crippen LogP contribution is -2.15. The summed E-state index contributed by atoms with van der Waals surface area (Å²) in [7, 11) is 0. The molecule has 2 aromatic carbocycles. The summed E-state index contributed by atoms with van der Waals surface area (Å²) in [5, 5.41) is 14.1. The Bertz CT molecular complexity index is 684. The number of hydrogen-bond acceptors (Lipinski definition) is 4. The lowest BCUT2D eigenvalue weighted by molar-refractivity contribution is 0.169. The van der Waals surface area contributed by atoms with E-state index in [2.05, 4.69) is 11.4 Å². The van der Waals surface area contributed by atoms with Gasteiger partial charge < -0.3 is 19.9 Å². The molecular formula is C17H17NO3. The first-order valence-electron chi connectivity index (χ1n) is 7.26. The molecule has 1 unspecified atom stereocenters. The number of rotatable bonds is 2. The fraction of sp³-hybridized carbons (Fsp3) is 0.294. The maximum Gasteiger partial charge on any atom is 0.161 e. The molecule has 2 N–H and O–H groups in total. The normalized spacial score (nSPS) is 17.0. The molecule has 0 saturated heterocycles. The van der Waals surface area contributed by atoms with E-state index in [1.165, 1.54) is 5.56 Å². The molecule has 0 bridgehead atoms. The molecule has 0 radical (unpaired) electrons. The summed E-state index contributed by atoms with van der Waals surface area (Å²) in [6.07, 6.45) is 0.346. The molecule has 21 heavy (non-hydrogen) atoms. The van der Waals surface area contributed by atoms with E-state index in [9.17, 15) is 5.11 Å². The van der Waals surface area contributed by atoms with E-state index in [1.807, 2.05) is 30.3 Å². The molecular weight excluding hydrogens is 266 g/mol. The molecule has 0 aromatic heterocycles. The molecule has 0 aliphatic carbocycles. The Labute approximate surface area is 123 Å². The van der Waals surface area contributed by atoms with Crippen molar-refractivity contribution in [2.75, 3.05) is 25.1 Å². The van der Waals surface area contributed by atoms with Gasteiger partial charge in [-0.3, -0.25) is 0 Å². The maximum atomic E-state index is 10.7. The Morgan fingerprint density at radius 3 is 2.81 bits per heavy atom. The van der Waals surface area contributed by atoms with E-state index >= 15 is 0 Å². The van der Waals surface area contributed by atoms with Crippen LogP contribution in [0.2, 0.25) is 0 Å². The quantitative estimate of drug-likeness (QED) is 0.889. The largest absolute Gasteiger partial charge is 0.486 e. The molecule has 4 rings (SSSR count). The van der Waals surface area contributed by atoms with Gasteiger partial charge in [0, 0.05) is 17.8 Å².